The maximum absolute atomic E-state index is 13.5. The van der Waals surface area contributed by atoms with E-state index in [9.17, 15) is 14.7 Å². The first kappa shape index (κ1) is 24.5. The molecule has 0 atom stereocenters. The molecule has 170 valence electrons. The van der Waals surface area contributed by atoms with Crippen LogP contribution in [0.2, 0.25) is 0 Å². The van der Waals surface area contributed by atoms with Crippen molar-refractivity contribution >= 4 is 54.4 Å². The zero-order valence-electron chi connectivity index (χ0n) is 17.6. The molecule has 0 radical (unpaired) electrons. The van der Waals surface area contributed by atoms with E-state index in [0.29, 0.717) is 81.3 Å². The fraction of sp³-hybridized carbons (Fsp3) is 0.333. The lowest BCUT2D eigenvalue weighted by atomic mass is 9.98. The highest BCUT2D eigenvalue weighted by Crippen LogP contribution is 2.36. The molecule has 0 fully saturated rings. The molecule has 1 aromatic heterocycles. The molecule has 0 aliphatic rings. The van der Waals surface area contributed by atoms with Crippen molar-refractivity contribution in [2.45, 2.75) is 39.0 Å². The van der Waals surface area contributed by atoms with Gasteiger partial charge in [0, 0.05) is 42.9 Å². The Labute approximate surface area is 202 Å². The van der Waals surface area contributed by atoms with Crippen molar-refractivity contribution < 1.29 is 29.0 Å². The summed E-state index contributed by atoms with van der Waals surface area (Å²) in [4.78, 5) is 24.8. The van der Waals surface area contributed by atoms with Crippen LogP contribution in [0.3, 0.4) is 0 Å². The average Bonchev–Trinajstić information content (AvgIpc) is 3.11. The van der Waals surface area contributed by atoms with E-state index in [1.807, 2.05) is 0 Å². The summed E-state index contributed by atoms with van der Waals surface area (Å²) in [6.07, 6.45) is 2.95. The second-order valence-electron chi connectivity index (χ2n) is 7.51. The molecule has 3 rings (SSSR count). The summed E-state index contributed by atoms with van der Waals surface area (Å²) in [5.74, 6) is 1.08. The Bertz CT molecular complexity index is 1110. The first-order valence-electron chi connectivity index (χ1n) is 10.3. The van der Waals surface area contributed by atoms with Gasteiger partial charge in [0.2, 0.25) is 0 Å². The van der Waals surface area contributed by atoms with Gasteiger partial charge in [-0.05, 0) is 75.9 Å². The highest BCUT2D eigenvalue weighted by Gasteiger charge is 2.23. The van der Waals surface area contributed by atoms with Crippen molar-refractivity contribution in [3.8, 4) is 11.5 Å². The first-order chi connectivity index (χ1) is 15.3. The van der Waals surface area contributed by atoms with Gasteiger partial charge in [-0.15, -0.1) is 0 Å². The van der Waals surface area contributed by atoms with Gasteiger partial charge in [-0.2, -0.15) is 0 Å². The number of halogens is 2. The maximum Gasteiger partial charge on any atom is 0.197 e. The molecule has 2 aromatic carbocycles. The zero-order chi connectivity index (χ0) is 23.3. The molecule has 0 unspecified atom stereocenters. The van der Waals surface area contributed by atoms with Crippen molar-refractivity contribution in [1.29, 1.82) is 0 Å². The Hall–Kier alpha value is -2.16. The van der Waals surface area contributed by atoms with Crippen LogP contribution in [-0.2, 0) is 11.2 Å². The number of ether oxygens (including phenoxy) is 1. The number of carbonyl (C=O) groups is 2. The minimum absolute atomic E-state index is 0.0210. The molecule has 0 bridgehead atoms. The third-order valence-electron chi connectivity index (χ3n) is 4.99. The second kappa shape index (κ2) is 11.1. The molecule has 0 amide bonds. The number of aliphatic hydroxyl groups is 1. The number of benzene rings is 2. The summed E-state index contributed by atoms with van der Waals surface area (Å²) in [6, 6.07) is 8.46. The van der Waals surface area contributed by atoms with Crippen LogP contribution in [0.4, 0.5) is 0 Å². The molecule has 0 saturated carbocycles. The van der Waals surface area contributed by atoms with Crippen LogP contribution < -0.4 is 4.74 Å². The fourth-order valence-electron chi connectivity index (χ4n) is 3.40. The summed E-state index contributed by atoms with van der Waals surface area (Å²) in [6.45, 7) is 1.99. The van der Waals surface area contributed by atoms with E-state index in [1.165, 1.54) is 0 Å². The highest BCUT2D eigenvalue weighted by atomic mass is 79.9. The van der Waals surface area contributed by atoms with E-state index in [4.69, 9.17) is 14.3 Å². The molecule has 1 heterocycles. The molecule has 8 heteroatoms. The van der Waals surface area contributed by atoms with Gasteiger partial charge >= 0.3 is 0 Å². The van der Waals surface area contributed by atoms with E-state index in [-0.39, 0.29) is 23.9 Å². The number of aromatic hydroxyl groups is 1. The number of aryl methyl sites for hydroxylation is 1. The lowest BCUT2D eigenvalue weighted by molar-refractivity contribution is -0.117. The van der Waals surface area contributed by atoms with Gasteiger partial charge in [-0.3, -0.25) is 4.79 Å². The minimum Gasteiger partial charge on any atom is -0.506 e. The zero-order valence-corrected chi connectivity index (χ0v) is 20.8. The number of Topliss-reactive ketones (excluding diaryl/α,β-unsaturated/α-hetero) is 1. The van der Waals surface area contributed by atoms with Crippen LogP contribution in [0.1, 0.15) is 54.3 Å². The molecule has 0 spiro atoms. The molecule has 6 nitrogen and oxygen atoms in total. The van der Waals surface area contributed by atoms with E-state index in [0.717, 1.165) is 0 Å². The first-order valence-corrected chi connectivity index (χ1v) is 11.9. The number of phenolic OH excluding ortho intramolecular Hbond substituents is 1. The summed E-state index contributed by atoms with van der Waals surface area (Å²) >= 11 is 6.56. The van der Waals surface area contributed by atoms with Gasteiger partial charge in [0.25, 0.3) is 0 Å². The number of hydrogen-bond donors (Lipinski definition) is 2. The Morgan fingerprint density at radius 2 is 1.78 bits per heavy atom. The number of aliphatic hydroxyl groups excluding tert-OH is 1. The summed E-state index contributed by atoms with van der Waals surface area (Å²) in [5.41, 5.74) is 1.40. The Kier molecular flexibility index (Phi) is 8.51. The smallest absolute Gasteiger partial charge is 0.197 e. The fourth-order valence-corrected chi connectivity index (χ4v) is 4.58. The number of phenols is 1. The van der Waals surface area contributed by atoms with Crippen molar-refractivity contribution in [3.05, 3.63) is 56.2 Å². The minimum atomic E-state index is -0.222. The van der Waals surface area contributed by atoms with Crippen molar-refractivity contribution in [2.75, 3.05) is 13.2 Å². The summed E-state index contributed by atoms with van der Waals surface area (Å²) < 4.78 is 12.5. The van der Waals surface area contributed by atoms with Crippen molar-refractivity contribution in [3.63, 3.8) is 0 Å². The SMILES string of the molecule is CC(=O)CCCCc1oc2cc(OCCCO)ccc2c1C(=O)c1cc(Br)c(O)c(Br)c1. The Balaban J connectivity index is 1.99. The number of fused-ring (bicyclic) bond motifs is 1. The average molecular weight is 568 g/mol. The van der Waals surface area contributed by atoms with Crippen LogP contribution in [0, 0.1) is 0 Å². The van der Waals surface area contributed by atoms with Crippen LogP contribution in [0.5, 0.6) is 11.5 Å². The van der Waals surface area contributed by atoms with Gasteiger partial charge in [0.15, 0.2) is 5.78 Å². The normalized spacial score (nSPS) is 11.1. The molecule has 3 aromatic rings. The standard InChI is InChI=1S/C24H24Br2O6/c1-14(28)5-2-3-6-20-22(23(29)15-11-18(25)24(30)19(26)12-15)17-8-7-16(13-21(17)32-20)31-10-4-9-27/h7-8,11-13,27,30H,2-6,9-10H2,1H3. The molecular formula is C24H24Br2O6. The molecule has 32 heavy (non-hydrogen) atoms. The monoisotopic (exact) mass is 566 g/mol. The number of carbonyl (C=O) groups excluding carboxylic acids is 2. The third kappa shape index (κ3) is 5.79. The summed E-state index contributed by atoms with van der Waals surface area (Å²) in [5, 5.41) is 19.6. The summed E-state index contributed by atoms with van der Waals surface area (Å²) in [7, 11) is 0. The number of rotatable bonds is 11. The van der Waals surface area contributed by atoms with E-state index in [2.05, 4.69) is 31.9 Å². The largest absolute Gasteiger partial charge is 0.506 e. The van der Waals surface area contributed by atoms with E-state index < -0.39 is 0 Å². The molecule has 0 aliphatic carbocycles. The Morgan fingerprint density at radius 3 is 2.44 bits per heavy atom. The van der Waals surface area contributed by atoms with Crippen LogP contribution in [-0.4, -0.2) is 35.0 Å². The highest BCUT2D eigenvalue weighted by molar-refractivity contribution is 9.11. The van der Waals surface area contributed by atoms with Gasteiger partial charge in [-0.1, -0.05) is 0 Å². The number of furan rings is 1. The van der Waals surface area contributed by atoms with E-state index >= 15 is 0 Å². The van der Waals surface area contributed by atoms with Crippen molar-refractivity contribution in [2.24, 2.45) is 0 Å². The lowest BCUT2D eigenvalue weighted by Crippen LogP contribution is -2.05. The second-order valence-corrected chi connectivity index (χ2v) is 9.22. The number of unbranched alkanes of at least 4 members (excludes halogenated alkanes) is 1. The quantitative estimate of drug-likeness (QED) is 0.219. The third-order valence-corrected chi connectivity index (χ3v) is 6.20. The van der Waals surface area contributed by atoms with Crippen LogP contribution in [0.25, 0.3) is 11.0 Å². The van der Waals surface area contributed by atoms with Gasteiger partial charge in [0.05, 0.1) is 21.1 Å². The lowest BCUT2D eigenvalue weighted by Gasteiger charge is -2.07. The maximum atomic E-state index is 13.5. The molecule has 0 aliphatic heterocycles. The predicted octanol–water partition coefficient (Wildman–Crippen LogP) is 5.96. The van der Waals surface area contributed by atoms with Gasteiger partial charge < -0.3 is 24.2 Å². The van der Waals surface area contributed by atoms with Crippen LogP contribution >= 0.6 is 31.9 Å². The van der Waals surface area contributed by atoms with E-state index in [1.54, 1.807) is 37.3 Å². The number of hydrogen-bond acceptors (Lipinski definition) is 6. The predicted molar refractivity (Wildman–Crippen MR) is 129 cm³/mol. The van der Waals surface area contributed by atoms with Crippen molar-refractivity contribution in [1.82, 2.24) is 0 Å². The number of ketones is 2. The van der Waals surface area contributed by atoms with Crippen LogP contribution in [0.15, 0.2) is 43.7 Å². The molecular weight excluding hydrogens is 544 g/mol. The molecule has 2 N–H and O–H groups in total. The van der Waals surface area contributed by atoms with Gasteiger partial charge in [-0.25, -0.2) is 0 Å². The topological polar surface area (TPSA) is 97.0 Å². The Morgan fingerprint density at radius 1 is 1.06 bits per heavy atom. The molecule has 0 saturated heterocycles. The van der Waals surface area contributed by atoms with Gasteiger partial charge in [0.1, 0.15) is 28.6 Å².